The Bertz CT molecular complexity index is 943. The van der Waals surface area contributed by atoms with Crippen LogP contribution in [0.5, 0.6) is 11.5 Å². The summed E-state index contributed by atoms with van der Waals surface area (Å²) < 4.78 is 38.6. The zero-order valence-electron chi connectivity index (χ0n) is 15.8. The number of hydrogen-bond donors (Lipinski definition) is 1. The molecule has 0 aliphatic rings. The smallest absolute Gasteiger partial charge is 0.285 e. The SMILES string of the molecule is COc1cc(C)c(S(=O)(=O)Nc2cccc(SC(=O)N(C)C)c2)cc1OC. The molecule has 9 heteroatoms. The van der Waals surface area contributed by atoms with E-state index in [0.717, 1.165) is 11.8 Å². The van der Waals surface area contributed by atoms with Gasteiger partial charge in [0.15, 0.2) is 11.5 Å². The van der Waals surface area contributed by atoms with E-state index in [1.807, 2.05) is 0 Å². The third kappa shape index (κ3) is 5.08. The molecule has 0 heterocycles. The topological polar surface area (TPSA) is 84.9 Å². The summed E-state index contributed by atoms with van der Waals surface area (Å²) in [4.78, 5) is 14.0. The number of carbonyl (C=O) groups is 1. The Balaban J connectivity index is 2.33. The summed E-state index contributed by atoms with van der Waals surface area (Å²) >= 11 is 1.02. The number of amides is 1. The molecule has 0 aliphatic heterocycles. The molecule has 2 rings (SSSR count). The second kappa shape index (κ2) is 8.53. The first-order valence-corrected chi connectivity index (χ1v) is 10.2. The predicted molar refractivity (Wildman–Crippen MR) is 106 cm³/mol. The van der Waals surface area contributed by atoms with Crippen molar-refractivity contribution < 1.29 is 22.7 Å². The fourth-order valence-corrected chi connectivity index (χ4v) is 4.29. The van der Waals surface area contributed by atoms with Crippen molar-refractivity contribution in [3.63, 3.8) is 0 Å². The van der Waals surface area contributed by atoms with Crippen LogP contribution in [0.25, 0.3) is 0 Å². The summed E-state index contributed by atoms with van der Waals surface area (Å²) in [6, 6.07) is 9.69. The molecule has 2 aromatic rings. The first kappa shape index (κ1) is 20.9. The summed E-state index contributed by atoms with van der Waals surface area (Å²) in [6.07, 6.45) is 0. The monoisotopic (exact) mass is 410 g/mol. The van der Waals surface area contributed by atoms with E-state index in [9.17, 15) is 13.2 Å². The Morgan fingerprint density at radius 2 is 1.70 bits per heavy atom. The van der Waals surface area contributed by atoms with Crippen LogP contribution < -0.4 is 14.2 Å². The van der Waals surface area contributed by atoms with Crippen molar-refractivity contribution in [2.24, 2.45) is 0 Å². The van der Waals surface area contributed by atoms with Crippen molar-refractivity contribution in [1.29, 1.82) is 0 Å². The van der Waals surface area contributed by atoms with Crippen LogP contribution in [0.15, 0.2) is 46.2 Å². The maximum atomic E-state index is 12.8. The Hall–Kier alpha value is -2.39. The van der Waals surface area contributed by atoms with Crippen molar-refractivity contribution in [3.05, 3.63) is 42.0 Å². The van der Waals surface area contributed by atoms with Gasteiger partial charge in [-0.1, -0.05) is 6.07 Å². The Morgan fingerprint density at radius 1 is 1.07 bits per heavy atom. The molecule has 0 saturated carbocycles. The second-order valence-corrected chi connectivity index (χ2v) is 8.54. The summed E-state index contributed by atoms with van der Waals surface area (Å²) in [5, 5.41) is -0.147. The zero-order chi connectivity index (χ0) is 20.2. The number of sulfonamides is 1. The molecule has 0 unspecified atom stereocenters. The molecular weight excluding hydrogens is 388 g/mol. The van der Waals surface area contributed by atoms with Crippen molar-refractivity contribution in [3.8, 4) is 11.5 Å². The van der Waals surface area contributed by atoms with E-state index in [1.54, 1.807) is 51.4 Å². The van der Waals surface area contributed by atoms with Crippen molar-refractivity contribution >= 4 is 32.7 Å². The highest BCUT2D eigenvalue weighted by Gasteiger charge is 2.21. The number of nitrogens with one attached hydrogen (secondary N) is 1. The van der Waals surface area contributed by atoms with Crippen LogP contribution in [-0.4, -0.2) is 46.9 Å². The predicted octanol–water partition coefficient (Wildman–Crippen LogP) is 3.59. The van der Waals surface area contributed by atoms with E-state index in [-0.39, 0.29) is 10.1 Å². The van der Waals surface area contributed by atoms with Gasteiger partial charge in [0.1, 0.15) is 0 Å². The minimum absolute atomic E-state index is 0.0857. The number of methoxy groups -OCH3 is 2. The van der Waals surface area contributed by atoms with Gasteiger partial charge in [0.05, 0.1) is 19.1 Å². The number of benzene rings is 2. The van der Waals surface area contributed by atoms with Gasteiger partial charge in [-0.2, -0.15) is 0 Å². The average Bonchev–Trinajstić information content (AvgIpc) is 2.60. The number of ether oxygens (including phenoxy) is 2. The van der Waals surface area contributed by atoms with Gasteiger partial charge in [-0.3, -0.25) is 9.52 Å². The second-order valence-electron chi connectivity index (χ2n) is 5.87. The lowest BCUT2D eigenvalue weighted by molar-refractivity contribution is 0.241. The lowest BCUT2D eigenvalue weighted by Gasteiger charge is -2.15. The van der Waals surface area contributed by atoms with E-state index >= 15 is 0 Å². The van der Waals surface area contributed by atoms with Crippen molar-refractivity contribution in [2.45, 2.75) is 16.7 Å². The highest BCUT2D eigenvalue weighted by molar-refractivity contribution is 8.13. The number of thioether (sulfide) groups is 1. The quantitative estimate of drug-likeness (QED) is 0.733. The molecule has 0 aromatic heterocycles. The molecule has 0 bridgehead atoms. The highest BCUT2D eigenvalue weighted by atomic mass is 32.2. The normalized spacial score (nSPS) is 11.0. The van der Waals surface area contributed by atoms with Crippen LogP contribution in [0, 0.1) is 6.92 Å². The molecule has 7 nitrogen and oxygen atoms in total. The van der Waals surface area contributed by atoms with Crippen molar-refractivity contribution in [1.82, 2.24) is 4.90 Å². The van der Waals surface area contributed by atoms with Crippen LogP contribution in [0.2, 0.25) is 0 Å². The van der Waals surface area contributed by atoms with E-state index in [0.29, 0.717) is 27.6 Å². The molecule has 1 N–H and O–H groups in total. The number of hydrogen-bond acceptors (Lipinski definition) is 6. The first-order chi connectivity index (χ1) is 12.7. The van der Waals surface area contributed by atoms with Crippen LogP contribution in [0.1, 0.15) is 5.56 Å². The van der Waals surface area contributed by atoms with Crippen LogP contribution in [0.3, 0.4) is 0 Å². The van der Waals surface area contributed by atoms with Gasteiger partial charge < -0.3 is 14.4 Å². The largest absolute Gasteiger partial charge is 0.493 e. The summed E-state index contributed by atoms with van der Waals surface area (Å²) in [7, 11) is 2.39. The average molecular weight is 411 g/mol. The van der Waals surface area contributed by atoms with Gasteiger partial charge in [-0.25, -0.2) is 8.42 Å². The molecule has 1 amide bonds. The van der Waals surface area contributed by atoms with E-state index in [4.69, 9.17) is 9.47 Å². The Labute approximate surface area is 163 Å². The molecule has 0 fully saturated rings. The van der Waals surface area contributed by atoms with Crippen LogP contribution in [-0.2, 0) is 10.0 Å². The molecule has 0 spiro atoms. The molecule has 27 heavy (non-hydrogen) atoms. The third-order valence-electron chi connectivity index (χ3n) is 3.63. The number of nitrogens with zero attached hydrogens (tertiary/aromatic N) is 1. The third-order valence-corrected chi connectivity index (χ3v) is 6.18. The van der Waals surface area contributed by atoms with Gasteiger partial charge >= 0.3 is 0 Å². The maximum Gasteiger partial charge on any atom is 0.285 e. The molecule has 0 saturated heterocycles. The minimum Gasteiger partial charge on any atom is -0.493 e. The fourth-order valence-electron chi connectivity index (χ4n) is 2.28. The number of rotatable bonds is 6. The maximum absolute atomic E-state index is 12.8. The van der Waals surface area contributed by atoms with Crippen LogP contribution in [0.4, 0.5) is 10.5 Å². The van der Waals surface area contributed by atoms with Gasteiger partial charge in [-0.05, 0) is 48.5 Å². The molecule has 0 atom stereocenters. The first-order valence-electron chi connectivity index (χ1n) is 7.92. The fraction of sp³-hybridized carbons (Fsp3) is 0.278. The Kier molecular flexibility index (Phi) is 6.61. The van der Waals surface area contributed by atoms with E-state index < -0.39 is 10.0 Å². The summed E-state index contributed by atoms with van der Waals surface area (Å²) in [5.41, 5.74) is 0.884. The number of aryl methyl sites for hydroxylation is 1. The number of carbonyl (C=O) groups excluding carboxylic acids is 1. The van der Waals surface area contributed by atoms with Gasteiger partial charge in [0.2, 0.25) is 0 Å². The molecule has 146 valence electrons. The minimum atomic E-state index is -3.85. The lowest BCUT2D eigenvalue weighted by atomic mass is 10.2. The molecular formula is C18H22N2O5S2. The van der Waals surface area contributed by atoms with E-state index in [2.05, 4.69) is 4.72 Å². The van der Waals surface area contributed by atoms with Crippen LogP contribution >= 0.6 is 11.8 Å². The van der Waals surface area contributed by atoms with Crippen molar-refractivity contribution in [2.75, 3.05) is 33.0 Å². The molecule has 0 aliphatic carbocycles. The van der Waals surface area contributed by atoms with Gasteiger partial charge in [0.25, 0.3) is 15.3 Å². The summed E-state index contributed by atoms with van der Waals surface area (Å²) in [5.74, 6) is 0.777. The number of anilines is 1. The van der Waals surface area contributed by atoms with Gasteiger partial charge in [0, 0.05) is 30.7 Å². The molecule has 0 radical (unpaired) electrons. The zero-order valence-corrected chi connectivity index (χ0v) is 17.4. The molecule has 2 aromatic carbocycles. The Morgan fingerprint density at radius 3 is 2.30 bits per heavy atom. The van der Waals surface area contributed by atoms with E-state index in [1.165, 1.54) is 25.2 Å². The summed E-state index contributed by atoms with van der Waals surface area (Å²) in [6.45, 7) is 1.68. The standard InChI is InChI=1S/C18H22N2O5S2/c1-12-9-15(24-4)16(25-5)11-17(12)27(22,23)19-13-7-6-8-14(10-13)26-18(21)20(2)3/h6-11,19H,1-5H3. The van der Waals surface area contributed by atoms with Gasteiger partial charge in [-0.15, -0.1) is 0 Å². The lowest BCUT2D eigenvalue weighted by Crippen LogP contribution is -2.16. The highest BCUT2D eigenvalue weighted by Crippen LogP contribution is 2.33.